The van der Waals surface area contributed by atoms with E-state index in [9.17, 15) is 9.90 Å². The molecule has 3 aromatic rings. The number of hydrogen-bond acceptors (Lipinski definition) is 5. The summed E-state index contributed by atoms with van der Waals surface area (Å²) in [6, 6.07) is 13.4. The van der Waals surface area contributed by atoms with Gasteiger partial charge in [0.1, 0.15) is 5.82 Å². The van der Waals surface area contributed by atoms with Crippen molar-refractivity contribution in [3.05, 3.63) is 69.8 Å². The Bertz CT molecular complexity index is 959. The molecular weight excluding hydrogens is 375 g/mol. The van der Waals surface area contributed by atoms with E-state index in [2.05, 4.69) is 20.6 Å². The van der Waals surface area contributed by atoms with Crippen LogP contribution in [0.3, 0.4) is 0 Å². The number of nitrogens with one attached hydrogen (secondary N) is 2. The third-order valence-electron chi connectivity index (χ3n) is 3.47. The van der Waals surface area contributed by atoms with Gasteiger partial charge in [-0.25, -0.2) is 9.78 Å². The summed E-state index contributed by atoms with van der Waals surface area (Å²) < 4.78 is 0. The zero-order valence-electron chi connectivity index (χ0n) is 13.6. The fourth-order valence-corrected chi connectivity index (χ4v) is 2.83. The Balaban J connectivity index is 1.93. The average molecular weight is 389 g/mol. The number of benzene rings is 2. The third-order valence-corrected chi connectivity index (χ3v) is 4.10. The number of carboxylic acids is 1. The van der Waals surface area contributed by atoms with Crippen LogP contribution in [0.15, 0.2) is 48.5 Å². The van der Waals surface area contributed by atoms with E-state index in [0.717, 1.165) is 0 Å². The van der Waals surface area contributed by atoms with E-state index in [0.29, 0.717) is 32.9 Å². The first-order valence-corrected chi connectivity index (χ1v) is 8.35. The highest BCUT2D eigenvalue weighted by molar-refractivity contribution is 6.39. The number of halogens is 2. The summed E-state index contributed by atoms with van der Waals surface area (Å²) in [6.07, 6.45) is 0. The molecule has 8 heteroatoms. The smallest absolute Gasteiger partial charge is 0.337 e. The Morgan fingerprint density at radius 1 is 1.00 bits per heavy atom. The van der Waals surface area contributed by atoms with Gasteiger partial charge in [0.05, 0.1) is 27.0 Å². The number of carbonyl (C=O) groups is 1. The molecule has 0 aliphatic rings. The first-order valence-electron chi connectivity index (χ1n) is 7.60. The van der Waals surface area contributed by atoms with Gasteiger partial charge in [0.15, 0.2) is 0 Å². The molecule has 6 nitrogen and oxygen atoms in total. The van der Waals surface area contributed by atoms with Crippen LogP contribution in [0.1, 0.15) is 16.1 Å². The second-order valence-electron chi connectivity index (χ2n) is 5.42. The summed E-state index contributed by atoms with van der Waals surface area (Å²) in [5.74, 6) is -0.299. The van der Waals surface area contributed by atoms with Crippen molar-refractivity contribution in [2.75, 3.05) is 10.6 Å². The lowest BCUT2D eigenvalue weighted by Gasteiger charge is -2.13. The van der Waals surface area contributed by atoms with Gasteiger partial charge < -0.3 is 15.7 Å². The van der Waals surface area contributed by atoms with E-state index in [1.807, 2.05) is 0 Å². The van der Waals surface area contributed by atoms with Gasteiger partial charge in [-0.15, -0.1) is 0 Å². The number of rotatable bonds is 5. The Kier molecular flexibility index (Phi) is 5.25. The van der Waals surface area contributed by atoms with Crippen molar-refractivity contribution in [1.82, 2.24) is 9.97 Å². The van der Waals surface area contributed by atoms with Crippen LogP contribution in [0.4, 0.5) is 23.1 Å². The van der Waals surface area contributed by atoms with Crippen LogP contribution in [0, 0.1) is 6.92 Å². The Labute approximate surface area is 159 Å². The predicted molar refractivity (Wildman–Crippen MR) is 103 cm³/mol. The standard InChI is InChI=1S/C18H14Cl2N4O2/c1-10-9-15(22-14-8-3-2-5-11(14)17(25)26)23-18(21-10)24-16-12(19)6-4-7-13(16)20/h2-9H,1H3,(H,25,26)(H2,21,22,23,24). The van der Waals surface area contributed by atoms with Gasteiger partial charge in [0, 0.05) is 11.8 Å². The monoisotopic (exact) mass is 388 g/mol. The van der Waals surface area contributed by atoms with Crippen molar-refractivity contribution in [2.24, 2.45) is 0 Å². The molecule has 0 spiro atoms. The van der Waals surface area contributed by atoms with Crippen LogP contribution in [-0.2, 0) is 0 Å². The molecule has 1 aromatic heterocycles. The van der Waals surface area contributed by atoms with Crippen molar-refractivity contribution in [3.8, 4) is 0 Å². The highest BCUT2D eigenvalue weighted by atomic mass is 35.5. The van der Waals surface area contributed by atoms with Gasteiger partial charge in [0.2, 0.25) is 5.95 Å². The van der Waals surface area contributed by atoms with Gasteiger partial charge in [-0.2, -0.15) is 4.98 Å². The molecule has 26 heavy (non-hydrogen) atoms. The summed E-state index contributed by atoms with van der Waals surface area (Å²) >= 11 is 12.3. The van der Waals surface area contributed by atoms with E-state index in [4.69, 9.17) is 23.2 Å². The molecule has 0 radical (unpaired) electrons. The van der Waals surface area contributed by atoms with Crippen molar-refractivity contribution < 1.29 is 9.90 Å². The molecule has 0 amide bonds. The lowest BCUT2D eigenvalue weighted by Crippen LogP contribution is -2.06. The van der Waals surface area contributed by atoms with Gasteiger partial charge in [0.25, 0.3) is 0 Å². The number of hydrogen-bond donors (Lipinski definition) is 3. The number of para-hydroxylation sites is 2. The first kappa shape index (κ1) is 18.0. The average Bonchev–Trinajstić information content (AvgIpc) is 2.58. The molecule has 1 heterocycles. The largest absolute Gasteiger partial charge is 0.478 e. The predicted octanol–water partition coefficient (Wildman–Crippen LogP) is 5.28. The second-order valence-corrected chi connectivity index (χ2v) is 6.23. The van der Waals surface area contributed by atoms with Crippen LogP contribution < -0.4 is 10.6 Å². The van der Waals surface area contributed by atoms with Crippen LogP contribution >= 0.6 is 23.2 Å². The normalized spacial score (nSPS) is 10.4. The molecule has 0 unspecified atom stereocenters. The molecule has 3 rings (SSSR count). The van der Waals surface area contributed by atoms with Crippen molar-refractivity contribution in [2.45, 2.75) is 6.92 Å². The molecule has 0 atom stereocenters. The SMILES string of the molecule is Cc1cc(Nc2ccccc2C(=O)O)nc(Nc2c(Cl)cccc2Cl)n1. The van der Waals surface area contributed by atoms with E-state index < -0.39 is 5.97 Å². The Hall–Kier alpha value is -2.83. The van der Waals surface area contributed by atoms with Crippen LogP contribution in [0.25, 0.3) is 0 Å². The molecule has 0 aliphatic heterocycles. The van der Waals surface area contributed by atoms with Crippen LogP contribution in [0.5, 0.6) is 0 Å². The Morgan fingerprint density at radius 2 is 1.69 bits per heavy atom. The third kappa shape index (κ3) is 4.04. The molecule has 0 bridgehead atoms. The first-order chi connectivity index (χ1) is 12.4. The number of nitrogens with zero attached hydrogens (tertiary/aromatic N) is 2. The van der Waals surface area contributed by atoms with Gasteiger partial charge in [-0.1, -0.05) is 41.4 Å². The number of aromatic nitrogens is 2. The lowest BCUT2D eigenvalue weighted by atomic mass is 10.2. The van der Waals surface area contributed by atoms with Gasteiger partial charge in [-0.3, -0.25) is 0 Å². The molecule has 132 valence electrons. The van der Waals surface area contributed by atoms with Crippen molar-refractivity contribution in [1.29, 1.82) is 0 Å². The summed E-state index contributed by atoms with van der Waals surface area (Å²) in [7, 11) is 0. The second kappa shape index (κ2) is 7.59. The number of carboxylic acid groups (broad SMARTS) is 1. The maximum Gasteiger partial charge on any atom is 0.337 e. The topological polar surface area (TPSA) is 87.1 Å². The molecule has 0 saturated carbocycles. The number of anilines is 4. The minimum atomic E-state index is -1.03. The highest BCUT2D eigenvalue weighted by Crippen LogP contribution is 2.32. The molecule has 0 fully saturated rings. The summed E-state index contributed by atoms with van der Waals surface area (Å²) in [5.41, 5.74) is 1.76. The van der Waals surface area contributed by atoms with Gasteiger partial charge in [-0.05, 0) is 31.2 Å². The van der Waals surface area contributed by atoms with E-state index >= 15 is 0 Å². The fourth-order valence-electron chi connectivity index (χ4n) is 2.33. The highest BCUT2D eigenvalue weighted by Gasteiger charge is 2.12. The summed E-state index contributed by atoms with van der Waals surface area (Å²) in [4.78, 5) is 20.0. The number of aryl methyl sites for hydroxylation is 1. The lowest BCUT2D eigenvalue weighted by molar-refractivity contribution is 0.0698. The minimum absolute atomic E-state index is 0.146. The zero-order valence-corrected chi connectivity index (χ0v) is 15.1. The van der Waals surface area contributed by atoms with E-state index in [-0.39, 0.29) is 11.5 Å². The van der Waals surface area contributed by atoms with Crippen LogP contribution in [0.2, 0.25) is 10.0 Å². The van der Waals surface area contributed by atoms with E-state index in [1.54, 1.807) is 49.4 Å². The van der Waals surface area contributed by atoms with Crippen LogP contribution in [-0.4, -0.2) is 21.0 Å². The molecule has 0 saturated heterocycles. The molecule has 3 N–H and O–H groups in total. The van der Waals surface area contributed by atoms with E-state index in [1.165, 1.54) is 6.07 Å². The quantitative estimate of drug-likeness (QED) is 0.551. The fraction of sp³-hybridized carbons (Fsp3) is 0.0556. The molecule has 0 aliphatic carbocycles. The van der Waals surface area contributed by atoms with Crippen molar-refractivity contribution >= 4 is 52.3 Å². The van der Waals surface area contributed by atoms with Gasteiger partial charge >= 0.3 is 5.97 Å². The zero-order chi connectivity index (χ0) is 18.7. The molecular formula is C18H14Cl2N4O2. The Morgan fingerprint density at radius 3 is 2.38 bits per heavy atom. The minimum Gasteiger partial charge on any atom is -0.478 e. The number of aromatic carboxylic acids is 1. The summed E-state index contributed by atoms with van der Waals surface area (Å²) in [6.45, 7) is 1.80. The van der Waals surface area contributed by atoms with Crippen molar-refractivity contribution in [3.63, 3.8) is 0 Å². The maximum absolute atomic E-state index is 11.3. The summed E-state index contributed by atoms with van der Waals surface area (Å²) in [5, 5.41) is 16.2. The maximum atomic E-state index is 11.3. The molecule has 2 aromatic carbocycles.